The second-order valence-corrected chi connectivity index (χ2v) is 11.0. The molecule has 4 aromatic rings. The molecule has 204 valence electrons. The number of fused-ring (bicyclic) bond motifs is 1. The standard InChI is InChI=1S/C33H39N3O3/c1-6-8-14-30-35-28-20-19-25(34-31(37)11-7-2)21-29(28)36(30)22-23-15-17-24(18-16-23)26-12-9-10-13-27(26)32(38)39-33(3,4)5/h9-10,12-13,15-21H,6-8,11,14,22H2,1-5H3,(H,34,37). The van der Waals surface area contributed by atoms with Crippen molar-refractivity contribution in [3.63, 3.8) is 0 Å². The van der Waals surface area contributed by atoms with E-state index in [-0.39, 0.29) is 11.9 Å². The molecule has 39 heavy (non-hydrogen) atoms. The highest BCUT2D eigenvalue weighted by Crippen LogP contribution is 2.28. The van der Waals surface area contributed by atoms with E-state index < -0.39 is 5.60 Å². The maximum absolute atomic E-state index is 12.9. The van der Waals surface area contributed by atoms with Crippen LogP contribution in [0.4, 0.5) is 5.69 Å². The number of hydrogen-bond acceptors (Lipinski definition) is 4. The number of aryl methyl sites for hydroxylation is 1. The number of anilines is 1. The van der Waals surface area contributed by atoms with Gasteiger partial charge in [-0.1, -0.05) is 62.7 Å². The van der Waals surface area contributed by atoms with Crippen LogP contribution in [-0.2, 0) is 22.5 Å². The van der Waals surface area contributed by atoms with Gasteiger partial charge in [0.1, 0.15) is 11.4 Å². The summed E-state index contributed by atoms with van der Waals surface area (Å²) < 4.78 is 7.89. The van der Waals surface area contributed by atoms with Crippen LogP contribution in [0.5, 0.6) is 0 Å². The number of carbonyl (C=O) groups excluding carboxylic acids is 2. The average molecular weight is 526 g/mol. The van der Waals surface area contributed by atoms with Crippen molar-refractivity contribution >= 4 is 28.6 Å². The molecule has 0 aliphatic rings. The molecule has 1 N–H and O–H groups in total. The predicted molar refractivity (Wildman–Crippen MR) is 158 cm³/mol. The van der Waals surface area contributed by atoms with E-state index in [2.05, 4.69) is 41.1 Å². The van der Waals surface area contributed by atoms with Crippen molar-refractivity contribution in [1.82, 2.24) is 9.55 Å². The topological polar surface area (TPSA) is 73.2 Å². The zero-order valence-corrected chi connectivity index (χ0v) is 23.7. The number of unbranched alkanes of at least 4 members (excludes halogenated alkanes) is 1. The van der Waals surface area contributed by atoms with Crippen LogP contribution in [-0.4, -0.2) is 27.0 Å². The molecule has 0 bridgehead atoms. The largest absolute Gasteiger partial charge is 0.456 e. The van der Waals surface area contributed by atoms with Gasteiger partial charge in [0.2, 0.25) is 5.91 Å². The summed E-state index contributed by atoms with van der Waals surface area (Å²) in [5, 5.41) is 3.01. The maximum Gasteiger partial charge on any atom is 0.339 e. The van der Waals surface area contributed by atoms with Crippen LogP contribution in [0, 0.1) is 0 Å². The van der Waals surface area contributed by atoms with Crippen LogP contribution < -0.4 is 5.32 Å². The summed E-state index contributed by atoms with van der Waals surface area (Å²) in [5.74, 6) is 0.745. The average Bonchev–Trinajstić information content (AvgIpc) is 3.23. The summed E-state index contributed by atoms with van der Waals surface area (Å²) in [7, 11) is 0. The van der Waals surface area contributed by atoms with E-state index in [0.717, 1.165) is 64.9 Å². The van der Waals surface area contributed by atoms with Gasteiger partial charge in [-0.25, -0.2) is 9.78 Å². The van der Waals surface area contributed by atoms with E-state index in [0.29, 0.717) is 18.5 Å². The van der Waals surface area contributed by atoms with E-state index in [9.17, 15) is 9.59 Å². The molecule has 6 nitrogen and oxygen atoms in total. The molecule has 0 aliphatic carbocycles. The van der Waals surface area contributed by atoms with Crippen molar-refractivity contribution in [3.05, 3.63) is 83.7 Å². The minimum absolute atomic E-state index is 0.0244. The van der Waals surface area contributed by atoms with E-state index in [1.807, 2.05) is 70.2 Å². The monoisotopic (exact) mass is 525 g/mol. The number of esters is 1. The lowest BCUT2D eigenvalue weighted by atomic mass is 9.98. The van der Waals surface area contributed by atoms with Gasteiger partial charge in [0, 0.05) is 25.1 Å². The van der Waals surface area contributed by atoms with Crippen molar-refractivity contribution in [2.45, 2.75) is 78.9 Å². The summed E-state index contributed by atoms with van der Waals surface area (Å²) in [6.45, 7) is 10.5. The van der Waals surface area contributed by atoms with E-state index >= 15 is 0 Å². The molecule has 1 aromatic heterocycles. The summed E-state index contributed by atoms with van der Waals surface area (Å²) in [6, 6.07) is 21.8. The first-order valence-electron chi connectivity index (χ1n) is 13.9. The number of ether oxygens (including phenoxy) is 1. The van der Waals surface area contributed by atoms with Crippen LogP contribution in [0.15, 0.2) is 66.7 Å². The van der Waals surface area contributed by atoms with Gasteiger partial charge in [0.25, 0.3) is 0 Å². The molecular formula is C33H39N3O3. The Morgan fingerprint density at radius 3 is 2.38 bits per heavy atom. The second kappa shape index (κ2) is 12.3. The van der Waals surface area contributed by atoms with E-state index in [1.54, 1.807) is 0 Å². The fraction of sp³-hybridized carbons (Fsp3) is 0.364. The SMILES string of the molecule is CCCCc1nc2ccc(NC(=O)CCC)cc2n1Cc1ccc(-c2ccccc2C(=O)OC(C)(C)C)cc1. The number of hydrogen-bond donors (Lipinski definition) is 1. The van der Waals surface area contributed by atoms with Gasteiger partial charge in [0.15, 0.2) is 0 Å². The Hall–Kier alpha value is -3.93. The minimum atomic E-state index is -0.560. The first kappa shape index (κ1) is 28.1. The molecule has 0 saturated heterocycles. The number of imidazole rings is 1. The Morgan fingerprint density at radius 2 is 1.69 bits per heavy atom. The highest BCUT2D eigenvalue weighted by Gasteiger charge is 2.21. The zero-order valence-electron chi connectivity index (χ0n) is 23.7. The first-order chi connectivity index (χ1) is 18.7. The van der Waals surface area contributed by atoms with Gasteiger partial charge in [-0.2, -0.15) is 0 Å². The highest BCUT2D eigenvalue weighted by atomic mass is 16.6. The number of benzene rings is 3. The molecule has 0 fully saturated rings. The Bertz CT molecular complexity index is 1450. The number of nitrogens with zero attached hydrogens (tertiary/aromatic N) is 2. The fourth-order valence-corrected chi connectivity index (χ4v) is 4.62. The number of carbonyl (C=O) groups is 2. The number of nitrogens with one attached hydrogen (secondary N) is 1. The zero-order chi connectivity index (χ0) is 28.0. The third kappa shape index (κ3) is 7.14. The molecule has 1 amide bonds. The summed E-state index contributed by atoms with van der Waals surface area (Å²) >= 11 is 0. The molecule has 0 radical (unpaired) electrons. The number of rotatable bonds is 10. The fourth-order valence-electron chi connectivity index (χ4n) is 4.62. The Balaban J connectivity index is 1.64. The third-order valence-corrected chi connectivity index (χ3v) is 6.49. The van der Waals surface area contributed by atoms with Crippen molar-refractivity contribution in [2.24, 2.45) is 0 Å². The Morgan fingerprint density at radius 1 is 0.949 bits per heavy atom. The lowest BCUT2D eigenvalue weighted by Crippen LogP contribution is -2.24. The molecule has 0 saturated carbocycles. The van der Waals surface area contributed by atoms with Crippen molar-refractivity contribution in [2.75, 3.05) is 5.32 Å². The molecule has 0 spiro atoms. The van der Waals surface area contributed by atoms with E-state index in [1.165, 1.54) is 0 Å². The van der Waals surface area contributed by atoms with Gasteiger partial charge < -0.3 is 14.6 Å². The van der Waals surface area contributed by atoms with Gasteiger partial charge in [0.05, 0.1) is 16.6 Å². The molecule has 3 aromatic carbocycles. The summed E-state index contributed by atoms with van der Waals surface area (Å²) in [4.78, 5) is 30.0. The van der Waals surface area contributed by atoms with Crippen LogP contribution in [0.1, 0.15) is 82.0 Å². The molecule has 1 heterocycles. The smallest absolute Gasteiger partial charge is 0.339 e. The highest BCUT2D eigenvalue weighted by molar-refractivity contribution is 5.97. The van der Waals surface area contributed by atoms with Crippen molar-refractivity contribution in [3.8, 4) is 11.1 Å². The normalized spacial score (nSPS) is 11.5. The lowest BCUT2D eigenvalue weighted by Gasteiger charge is -2.20. The van der Waals surface area contributed by atoms with E-state index in [4.69, 9.17) is 9.72 Å². The van der Waals surface area contributed by atoms with Gasteiger partial charge in [-0.15, -0.1) is 0 Å². The summed E-state index contributed by atoms with van der Waals surface area (Å²) in [5.41, 5.74) is 5.66. The molecule has 0 atom stereocenters. The number of amides is 1. The lowest BCUT2D eigenvalue weighted by molar-refractivity contribution is -0.116. The summed E-state index contributed by atoms with van der Waals surface area (Å²) in [6.07, 6.45) is 4.36. The van der Waals surface area contributed by atoms with Crippen LogP contribution >= 0.6 is 0 Å². The van der Waals surface area contributed by atoms with Gasteiger partial charge in [-0.3, -0.25) is 4.79 Å². The van der Waals surface area contributed by atoms with Crippen molar-refractivity contribution in [1.29, 1.82) is 0 Å². The minimum Gasteiger partial charge on any atom is -0.456 e. The van der Waals surface area contributed by atoms with Crippen molar-refractivity contribution < 1.29 is 14.3 Å². The number of aromatic nitrogens is 2. The molecule has 6 heteroatoms. The first-order valence-corrected chi connectivity index (χ1v) is 13.9. The van der Waals surface area contributed by atoms with Crippen LogP contribution in [0.25, 0.3) is 22.2 Å². The van der Waals surface area contributed by atoms with Gasteiger partial charge >= 0.3 is 5.97 Å². The van der Waals surface area contributed by atoms with Crippen LogP contribution in [0.2, 0.25) is 0 Å². The maximum atomic E-state index is 12.9. The Kier molecular flexibility index (Phi) is 8.85. The molecule has 0 unspecified atom stereocenters. The molecular weight excluding hydrogens is 486 g/mol. The Labute approximate surface area is 231 Å². The molecule has 0 aliphatic heterocycles. The second-order valence-electron chi connectivity index (χ2n) is 11.0. The predicted octanol–water partition coefficient (Wildman–Crippen LogP) is 7.79. The van der Waals surface area contributed by atoms with Crippen LogP contribution in [0.3, 0.4) is 0 Å². The molecule has 4 rings (SSSR count). The van der Waals surface area contributed by atoms with Gasteiger partial charge in [-0.05, 0) is 74.6 Å². The third-order valence-electron chi connectivity index (χ3n) is 6.49. The quantitative estimate of drug-likeness (QED) is 0.215.